The highest BCUT2D eigenvalue weighted by Crippen LogP contribution is 2.37. The molecule has 6 heteroatoms. The van der Waals surface area contributed by atoms with Gasteiger partial charge in [0.1, 0.15) is 4.90 Å². The second kappa shape index (κ2) is 4.96. The van der Waals surface area contributed by atoms with Crippen molar-refractivity contribution in [3.63, 3.8) is 0 Å². The number of rotatable bonds is 4. The number of sulfonamides is 1. The Morgan fingerprint density at radius 2 is 2.05 bits per heavy atom. The third-order valence-electron chi connectivity index (χ3n) is 3.95. The summed E-state index contributed by atoms with van der Waals surface area (Å²) in [5.41, 5.74) is 6.68. The molecule has 0 radical (unpaired) electrons. The molecule has 0 amide bonds. The van der Waals surface area contributed by atoms with Gasteiger partial charge in [0.2, 0.25) is 10.0 Å². The average Bonchev–Trinajstić information content (AvgIpc) is 2.28. The molecule has 4 nitrogen and oxygen atoms in total. The summed E-state index contributed by atoms with van der Waals surface area (Å²) in [5, 5.41) is 0.213. The largest absolute Gasteiger partial charge is 0.398 e. The molecule has 0 unspecified atom stereocenters. The molecule has 1 aromatic carbocycles. The maximum absolute atomic E-state index is 12.4. The number of hydrogen-bond acceptors (Lipinski definition) is 3. The summed E-state index contributed by atoms with van der Waals surface area (Å²) in [6.07, 6.45) is 3.59. The van der Waals surface area contributed by atoms with Crippen LogP contribution in [0.3, 0.4) is 0 Å². The zero-order valence-electron chi connectivity index (χ0n) is 11.2. The molecule has 0 atom stereocenters. The maximum atomic E-state index is 12.4. The number of hydrogen-bond donors (Lipinski definition) is 2. The van der Waals surface area contributed by atoms with E-state index in [1.54, 1.807) is 13.0 Å². The predicted octanol–water partition coefficient (Wildman–Crippen LogP) is 2.84. The lowest BCUT2D eigenvalue weighted by atomic mass is 9.76. The molecule has 106 valence electrons. The molecule has 0 bridgehead atoms. The Hall–Kier alpha value is -0.780. The highest BCUT2D eigenvalue weighted by Gasteiger charge is 2.39. The van der Waals surface area contributed by atoms with Crippen LogP contribution in [0.2, 0.25) is 5.02 Å². The molecule has 1 fully saturated rings. The van der Waals surface area contributed by atoms with E-state index in [2.05, 4.69) is 4.72 Å². The lowest BCUT2D eigenvalue weighted by Gasteiger charge is -2.41. The Labute approximate surface area is 119 Å². The van der Waals surface area contributed by atoms with Crippen molar-refractivity contribution in [3.8, 4) is 0 Å². The van der Waals surface area contributed by atoms with Crippen molar-refractivity contribution in [1.82, 2.24) is 4.72 Å². The molecule has 0 aromatic heterocycles. The van der Waals surface area contributed by atoms with Crippen molar-refractivity contribution in [1.29, 1.82) is 0 Å². The molecular formula is C13H19ClN2O2S. The highest BCUT2D eigenvalue weighted by atomic mass is 35.5. The van der Waals surface area contributed by atoms with Gasteiger partial charge >= 0.3 is 0 Å². The number of nitrogen functional groups attached to an aromatic ring is 1. The van der Waals surface area contributed by atoms with Gasteiger partial charge < -0.3 is 5.73 Å². The van der Waals surface area contributed by atoms with E-state index in [1.807, 2.05) is 6.92 Å². The summed E-state index contributed by atoms with van der Waals surface area (Å²) in [6.45, 7) is 3.79. The molecule has 1 saturated carbocycles. The summed E-state index contributed by atoms with van der Waals surface area (Å²) >= 11 is 6.04. The average molecular weight is 303 g/mol. The molecule has 0 aliphatic heterocycles. The number of nitrogens with two attached hydrogens (primary N) is 1. The fraction of sp³-hybridized carbons (Fsp3) is 0.538. The van der Waals surface area contributed by atoms with Gasteiger partial charge in [0.05, 0.1) is 5.02 Å². The first-order valence-corrected chi connectivity index (χ1v) is 8.25. The Morgan fingerprint density at radius 1 is 1.42 bits per heavy atom. The van der Waals surface area contributed by atoms with E-state index < -0.39 is 10.0 Å². The third kappa shape index (κ3) is 2.73. The summed E-state index contributed by atoms with van der Waals surface area (Å²) in [6, 6.07) is 3.02. The molecule has 2 rings (SSSR count). The van der Waals surface area contributed by atoms with Crippen molar-refractivity contribution in [2.24, 2.45) is 0 Å². The van der Waals surface area contributed by atoms with E-state index in [9.17, 15) is 8.42 Å². The van der Waals surface area contributed by atoms with Crippen molar-refractivity contribution in [3.05, 3.63) is 22.7 Å². The van der Waals surface area contributed by atoms with Gasteiger partial charge in [-0.3, -0.25) is 0 Å². The quantitative estimate of drug-likeness (QED) is 0.840. The second-order valence-corrected chi connectivity index (χ2v) is 7.29. The minimum Gasteiger partial charge on any atom is -0.398 e. The molecule has 0 spiro atoms. The fourth-order valence-corrected chi connectivity index (χ4v) is 4.50. The van der Waals surface area contributed by atoms with Gasteiger partial charge in [-0.2, -0.15) is 0 Å². The molecule has 1 aliphatic carbocycles. The number of aryl methyl sites for hydroxylation is 1. The van der Waals surface area contributed by atoms with Crippen LogP contribution >= 0.6 is 11.6 Å². The fourth-order valence-electron chi connectivity index (χ4n) is 2.35. The standard InChI is InChI=1S/C13H19ClN2O2S/c1-3-13(5-4-6-13)16-19(17,18)12-8-11(15)9(2)7-10(12)14/h7-8,16H,3-6,15H2,1-2H3. The van der Waals surface area contributed by atoms with Gasteiger partial charge in [-0.15, -0.1) is 0 Å². The van der Waals surface area contributed by atoms with Crippen molar-refractivity contribution in [2.45, 2.75) is 50.0 Å². The van der Waals surface area contributed by atoms with Crippen LogP contribution in [-0.2, 0) is 10.0 Å². The van der Waals surface area contributed by atoms with Crippen LogP contribution in [0, 0.1) is 6.92 Å². The van der Waals surface area contributed by atoms with E-state index in [0.29, 0.717) is 5.69 Å². The molecule has 1 aliphatic rings. The Balaban J connectivity index is 2.37. The van der Waals surface area contributed by atoms with Crippen LogP contribution in [-0.4, -0.2) is 14.0 Å². The Bertz CT molecular complexity index is 589. The molecule has 19 heavy (non-hydrogen) atoms. The zero-order chi connectivity index (χ0) is 14.3. The summed E-state index contributed by atoms with van der Waals surface area (Å²) in [7, 11) is -3.62. The lowest BCUT2D eigenvalue weighted by Crippen LogP contribution is -2.52. The first-order valence-electron chi connectivity index (χ1n) is 6.39. The van der Waals surface area contributed by atoms with E-state index in [1.165, 1.54) is 6.07 Å². The minimum absolute atomic E-state index is 0.0667. The first kappa shape index (κ1) is 14.6. The van der Waals surface area contributed by atoms with Gasteiger partial charge in [0.25, 0.3) is 0 Å². The van der Waals surface area contributed by atoms with Crippen molar-refractivity contribution < 1.29 is 8.42 Å². The smallest absolute Gasteiger partial charge is 0.242 e. The van der Waals surface area contributed by atoms with Crippen LogP contribution < -0.4 is 10.5 Å². The van der Waals surface area contributed by atoms with Crippen molar-refractivity contribution >= 4 is 27.3 Å². The summed E-state index contributed by atoms with van der Waals surface area (Å²) in [5.74, 6) is 0. The van der Waals surface area contributed by atoms with Gasteiger partial charge in [-0.05, 0) is 50.3 Å². The topological polar surface area (TPSA) is 72.2 Å². The van der Waals surface area contributed by atoms with Crippen molar-refractivity contribution in [2.75, 3.05) is 5.73 Å². The van der Waals surface area contributed by atoms with Gasteiger partial charge in [0, 0.05) is 11.2 Å². The van der Waals surface area contributed by atoms with Crippen LogP contribution in [0.4, 0.5) is 5.69 Å². The summed E-state index contributed by atoms with van der Waals surface area (Å²) in [4.78, 5) is 0.0667. The first-order chi connectivity index (χ1) is 8.80. The van der Waals surface area contributed by atoms with Crippen LogP contribution in [0.5, 0.6) is 0 Å². The highest BCUT2D eigenvalue weighted by molar-refractivity contribution is 7.89. The van der Waals surface area contributed by atoms with Gasteiger partial charge in [-0.25, -0.2) is 13.1 Å². The van der Waals surface area contributed by atoms with Crippen LogP contribution in [0.15, 0.2) is 17.0 Å². The molecule has 1 aromatic rings. The molecule has 0 heterocycles. The summed E-state index contributed by atoms with van der Waals surface area (Å²) < 4.78 is 27.7. The predicted molar refractivity (Wildman–Crippen MR) is 77.8 cm³/mol. The molecular weight excluding hydrogens is 284 g/mol. The SMILES string of the molecule is CCC1(NS(=O)(=O)c2cc(N)c(C)cc2Cl)CCC1. The Kier molecular flexibility index (Phi) is 3.82. The van der Waals surface area contributed by atoms with Crippen LogP contribution in [0.25, 0.3) is 0 Å². The number of nitrogens with one attached hydrogen (secondary N) is 1. The monoisotopic (exact) mass is 302 g/mol. The van der Waals surface area contributed by atoms with E-state index in [0.717, 1.165) is 31.2 Å². The normalized spacial score (nSPS) is 18.1. The maximum Gasteiger partial charge on any atom is 0.242 e. The van der Waals surface area contributed by atoms with Gasteiger partial charge in [0.15, 0.2) is 0 Å². The zero-order valence-corrected chi connectivity index (χ0v) is 12.7. The Morgan fingerprint density at radius 3 is 2.53 bits per heavy atom. The van der Waals surface area contributed by atoms with E-state index >= 15 is 0 Å². The third-order valence-corrected chi connectivity index (χ3v) is 5.99. The number of benzene rings is 1. The second-order valence-electron chi connectivity index (χ2n) is 5.23. The molecule has 3 N–H and O–H groups in total. The van der Waals surface area contributed by atoms with E-state index in [-0.39, 0.29) is 15.5 Å². The number of anilines is 1. The lowest BCUT2D eigenvalue weighted by molar-refractivity contribution is 0.214. The molecule has 0 saturated heterocycles. The van der Waals surface area contributed by atoms with Crippen LogP contribution in [0.1, 0.15) is 38.2 Å². The van der Waals surface area contributed by atoms with Gasteiger partial charge in [-0.1, -0.05) is 18.5 Å². The van der Waals surface area contributed by atoms with E-state index in [4.69, 9.17) is 17.3 Å². The minimum atomic E-state index is -3.62. The number of halogens is 1.